The Balaban J connectivity index is 2.29. The summed E-state index contributed by atoms with van der Waals surface area (Å²) < 4.78 is 1.19. The standard InChI is InChI=1S/C10H12BrN/c1-6-2-3-7(4-9(6)11)8-5-10(8)12/h2-4,8,10H,5,12H2,1H3/t8-,10+/m0/s1. The van der Waals surface area contributed by atoms with Crippen LogP contribution in [-0.2, 0) is 0 Å². The fraction of sp³-hybridized carbons (Fsp3) is 0.400. The Hall–Kier alpha value is -0.340. The van der Waals surface area contributed by atoms with Gasteiger partial charge in [0.25, 0.3) is 0 Å². The number of hydrogen-bond acceptors (Lipinski definition) is 1. The van der Waals surface area contributed by atoms with Crippen LogP contribution in [0.4, 0.5) is 0 Å². The summed E-state index contributed by atoms with van der Waals surface area (Å²) in [5, 5.41) is 0. The Kier molecular flexibility index (Phi) is 1.97. The van der Waals surface area contributed by atoms with Crippen LogP contribution in [0.15, 0.2) is 22.7 Å². The van der Waals surface area contributed by atoms with Crippen molar-refractivity contribution in [3.63, 3.8) is 0 Å². The van der Waals surface area contributed by atoms with Gasteiger partial charge >= 0.3 is 0 Å². The van der Waals surface area contributed by atoms with Crippen molar-refractivity contribution in [2.24, 2.45) is 5.73 Å². The Morgan fingerprint density at radius 2 is 2.17 bits per heavy atom. The first-order valence-corrected chi connectivity index (χ1v) is 4.99. The molecule has 0 spiro atoms. The van der Waals surface area contributed by atoms with E-state index in [1.54, 1.807) is 0 Å². The maximum absolute atomic E-state index is 5.77. The molecule has 1 aromatic rings. The van der Waals surface area contributed by atoms with Crippen LogP contribution in [0.3, 0.4) is 0 Å². The van der Waals surface area contributed by atoms with Crippen LogP contribution in [-0.4, -0.2) is 6.04 Å². The van der Waals surface area contributed by atoms with Crippen molar-refractivity contribution in [3.05, 3.63) is 33.8 Å². The molecule has 1 aromatic carbocycles. The molecule has 2 atom stereocenters. The molecule has 2 heteroatoms. The van der Waals surface area contributed by atoms with Gasteiger partial charge in [0.2, 0.25) is 0 Å². The number of halogens is 1. The zero-order valence-corrected chi connectivity index (χ0v) is 8.64. The maximum atomic E-state index is 5.77. The second-order valence-electron chi connectivity index (χ2n) is 3.51. The highest BCUT2D eigenvalue weighted by Crippen LogP contribution is 2.40. The van der Waals surface area contributed by atoms with E-state index in [9.17, 15) is 0 Å². The summed E-state index contributed by atoms with van der Waals surface area (Å²) in [5.41, 5.74) is 8.43. The zero-order valence-electron chi connectivity index (χ0n) is 7.05. The second-order valence-corrected chi connectivity index (χ2v) is 4.37. The third kappa shape index (κ3) is 1.41. The molecule has 2 rings (SSSR count). The summed E-state index contributed by atoms with van der Waals surface area (Å²) >= 11 is 3.52. The SMILES string of the molecule is Cc1ccc([C@@H]2C[C@H]2N)cc1Br. The van der Waals surface area contributed by atoms with Crippen LogP contribution in [0.2, 0.25) is 0 Å². The fourth-order valence-corrected chi connectivity index (χ4v) is 1.83. The molecule has 0 saturated heterocycles. The van der Waals surface area contributed by atoms with Gasteiger partial charge in [0.15, 0.2) is 0 Å². The van der Waals surface area contributed by atoms with Crippen LogP contribution in [0, 0.1) is 6.92 Å². The molecule has 0 aliphatic heterocycles. The summed E-state index contributed by atoms with van der Waals surface area (Å²) in [6, 6.07) is 6.91. The molecule has 12 heavy (non-hydrogen) atoms. The molecule has 0 aromatic heterocycles. The smallest absolute Gasteiger partial charge is 0.0207 e. The number of hydrogen-bond donors (Lipinski definition) is 1. The lowest BCUT2D eigenvalue weighted by Crippen LogP contribution is -2.00. The topological polar surface area (TPSA) is 26.0 Å². The van der Waals surface area contributed by atoms with E-state index in [0.29, 0.717) is 12.0 Å². The Morgan fingerprint density at radius 1 is 1.50 bits per heavy atom. The van der Waals surface area contributed by atoms with Crippen molar-refractivity contribution in [1.29, 1.82) is 0 Å². The van der Waals surface area contributed by atoms with Crippen molar-refractivity contribution in [3.8, 4) is 0 Å². The van der Waals surface area contributed by atoms with Gasteiger partial charge in [-0.1, -0.05) is 28.1 Å². The average molecular weight is 226 g/mol. The number of nitrogens with two attached hydrogens (primary N) is 1. The molecule has 0 radical (unpaired) electrons. The van der Waals surface area contributed by atoms with Crippen LogP contribution in [0.25, 0.3) is 0 Å². The molecule has 0 amide bonds. The molecule has 1 nitrogen and oxygen atoms in total. The first-order chi connectivity index (χ1) is 5.68. The summed E-state index contributed by atoms with van der Waals surface area (Å²) in [4.78, 5) is 0. The minimum atomic E-state index is 0.402. The molecule has 2 N–H and O–H groups in total. The monoisotopic (exact) mass is 225 g/mol. The average Bonchev–Trinajstić information content (AvgIpc) is 2.73. The van der Waals surface area contributed by atoms with Crippen LogP contribution in [0.5, 0.6) is 0 Å². The van der Waals surface area contributed by atoms with E-state index >= 15 is 0 Å². The van der Waals surface area contributed by atoms with E-state index in [1.807, 2.05) is 0 Å². The zero-order chi connectivity index (χ0) is 8.72. The quantitative estimate of drug-likeness (QED) is 0.782. The second kappa shape index (κ2) is 2.86. The summed E-state index contributed by atoms with van der Waals surface area (Å²) in [5.74, 6) is 0.613. The molecular weight excluding hydrogens is 214 g/mol. The lowest BCUT2D eigenvalue weighted by atomic mass is 10.1. The van der Waals surface area contributed by atoms with Crippen molar-refractivity contribution in [2.45, 2.75) is 25.3 Å². The lowest BCUT2D eigenvalue weighted by molar-refractivity contribution is 0.988. The van der Waals surface area contributed by atoms with Crippen molar-refractivity contribution in [2.75, 3.05) is 0 Å². The molecule has 1 aliphatic carbocycles. The minimum Gasteiger partial charge on any atom is -0.327 e. The van der Waals surface area contributed by atoms with E-state index in [0.717, 1.165) is 6.42 Å². The molecule has 0 bridgehead atoms. The highest BCUT2D eigenvalue weighted by atomic mass is 79.9. The number of benzene rings is 1. The lowest BCUT2D eigenvalue weighted by Gasteiger charge is -2.01. The fourth-order valence-electron chi connectivity index (χ4n) is 1.44. The number of rotatable bonds is 1. The van der Waals surface area contributed by atoms with Crippen molar-refractivity contribution >= 4 is 15.9 Å². The Labute approximate surface area is 81.1 Å². The highest BCUT2D eigenvalue weighted by Gasteiger charge is 2.34. The first kappa shape index (κ1) is 8.27. The summed E-state index contributed by atoms with van der Waals surface area (Å²) in [6.07, 6.45) is 1.15. The van der Waals surface area contributed by atoms with Gasteiger partial charge in [-0.05, 0) is 30.5 Å². The molecule has 1 fully saturated rings. The minimum absolute atomic E-state index is 0.402. The molecule has 1 aliphatic rings. The van der Waals surface area contributed by atoms with Gasteiger partial charge in [0, 0.05) is 16.4 Å². The molecule has 0 heterocycles. The highest BCUT2D eigenvalue weighted by molar-refractivity contribution is 9.10. The molecule has 64 valence electrons. The van der Waals surface area contributed by atoms with E-state index in [2.05, 4.69) is 41.1 Å². The molecule has 1 saturated carbocycles. The van der Waals surface area contributed by atoms with Gasteiger partial charge in [0.05, 0.1) is 0 Å². The van der Waals surface area contributed by atoms with Crippen LogP contribution < -0.4 is 5.73 Å². The predicted molar refractivity (Wildman–Crippen MR) is 54.2 cm³/mol. The van der Waals surface area contributed by atoms with Gasteiger partial charge in [-0.2, -0.15) is 0 Å². The van der Waals surface area contributed by atoms with Gasteiger partial charge in [-0.25, -0.2) is 0 Å². The predicted octanol–water partition coefficient (Wildman–Crippen LogP) is 2.57. The third-order valence-electron chi connectivity index (χ3n) is 2.46. The maximum Gasteiger partial charge on any atom is 0.0207 e. The third-order valence-corrected chi connectivity index (χ3v) is 3.32. The summed E-state index contributed by atoms with van der Waals surface area (Å²) in [7, 11) is 0. The van der Waals surface area contributed by atoms with E-state index in [1.165, 1.54) is 15.6 Å². The number of aryl methyl sites for hydroxylation is 1. The largest absolute Gasteiger partial charge is 0.327 e. The van der Waals surface area contributed by atoms with E-state index < -0.39 is 0 Å². The van der Waals surface area contributed by atoms with Crippen LogP contribution >= 0.6 is 15.9 Å². The van der Waals surface area contributed by atoms with Gasteiger partial charge < -0.3 is 5.73 Å². The van der Waals surface area contributed by atoms with E-state index in [4.69, 9.17) is 5.73 Å². The summed E-state index contributed by atoms with van der Waals surface area (Å²) in [6.45, 7) is 2.10. The Bertz CT molecular complexity index is 309. The van der Waals surface area contributed by atoms with Gasteiger partial charge in [-0.3, -0.25) is 0 Å². The normalized spacial score (nSPS) is 27.2. The van der Waals surface area contributed by atoms with Crippen molar-refractivity contribution < 1.29 is 0 Å². The molecular formula is C10H12BrN. The first-order valence-electron chi connectivity index (χ1n) is 4.20. The van der Waals surface area contributed by atoms with Gasteiger partial charge in [0.1, 0.15) is 0 Å². The molecule has 0 unspecified atom stereocenters. The van der Waals surface area contributed by atoms with Gasteiger partial charge in [-0.15, -0.1) is 0 Å². The Morgan fingerprint density at radius 3 is 2.67 bits per heavy atom. The van der Waals surface area contributed by atoms with Crippen LogP contribution in [0.1, 0.15) is 23.5 Å². The van der Waals surface area contributed by atoms with E-state index in [-0.39, 0.29) is 0 Å². The van der Waals surface area contributed by atoms with Crippen molar-refractivity contribution in [1.82, 2.24) is 0 Å².